The molecule has 1 aliphatic carbocycles. The third-order valence-electron chi connectivity index (χ3n) is 3.50. The topological polar surface area (TPSA) is 62.7 Å². The number of aryl methyl sites for hydroxylation is 1. The molecule has 0 saturated carbocycles. The Balaban J connectivity index is 2.35. The molecule has 1 aliphatic rings. The molecule has 2 N–H and O–H groups in total. The van der Waals surface area contributed by atoms with Crippen LogP contribution in [0.25, 0.3) is 10.4 Å². The predicted molar refractivity (Wildman–Crippen MR) is 83.3 cm³/mol. The smallest absolute Gasteiger partial charge is 0.142 e. The van der Waals surface area contributed by atoms with E-state index in [-0.39, 0.29) is 5.82 Å². The Labute approximate surface area is 131 Å². The number of fused-ring (bicyclic) bond motifs is 1. The van der Waals surface area contributed by atoms with Crippen molar-refractivity contribution in [2.24, 2.45) is 0 Å². The molecule has 0 bridgehead atoms. The van der Waals surface area contributed by atoms with E-state index in [0.29, 0.717) is 14.9 Å². The molecule has 0 unspecified atom stereocenters. The van der Waals surface area contributed by atoms with Gasteiger partial charge in [0, 0.05) is 11.3 Å². The minimum atomic E-state index is 0.281. The Morgan fingerprint density at radius 2 is 2.05 bits per heavy atom. The van der Waals surface area contributed by atoms with Crippen LogP contribution >= 0.6 is 34.5 Å². The van der Waals surface area contributed by atoms with Crippen LogP contribution in [-0.2, 0) is 12.8 Å². The van der Waals surface area contributed by atoms with Gasteiger partial charge in [-0.3, -0.25) is 0 Å². The van der Waals surface area contributed by atoms with Crippen LogP contribution in [0.5, 0.6) is 0 Å². The lowest BCUT2D eigenvalue weighted by Crippen LogP contribution is -2.11. The van der Waals surface area contributed by atoms with Crippen molar-refractivity contribution in [2.75, 3.05) is 5.73 Å². The van der Waals surface area contributed by atoms with Crippen molar-refractivity contribution < 1.29 is 0 Å². The van der Waals surface area contributed by atoms with Crippen LogP contribution in [0.3, 0.4) is 0 Å². The quantitative estimate of drug-likeness (QED) is 0.843. The van der Waals surface area contributed by atoms with Crippen molar-refractivity contribution in [2.45, 2.75) is 25.7 Å². The number of nitrogens with two attached hydrogens (primary N) is 1. The predicted octanol–water partition coefficient (Wildman–Crippen LogP) is 4.45. The van der Waals surface area contributed by atoms with Crippen LogP contribution in [0.2, 0.25) is 9.36 Å². The van der Waals surface area contributed by atoms with Crippen LogP contribution in [-0.4, -0.2) is 4.98 Å². The molecule has 20 heavy (non-hydrogen) atoms. The molecular weight excluding hydrogens is 313 g/mol. The Morgan fingerprint density at radius 1 is 1.30 bits per heavy atom. The standard InChI is InChI=1S/C14H11Cl2N3S/c15-9-5-11(16)20-13(9)12-7-3-1-2-4-10(7)19-14(18)8(12)6-17/h5H,1-4H2,(H2,18,19). The molecule has 0 saturated heterocycles. The van der Waals surface area contributed by atoms with Crippen molar-refractivity contribution in [3.8, 4) is 16.5 Å². The van der Waals surface area contributed by atoms with Crippen molar-refractivity contribution in [3.05, 3.63) is 32.2 Å². The molecule has 0 fully saturated rings. The van der Waals surface area contributed by atoms with Gasteiger partial charge in [-0.25, -0.2) is 4.98 Å². The number of hydrogen-bond donors (Lipinski definition) is 1. The molecule has 0 radical (unpaired) electrons. The average molecular weight is 324 g/mol. The van der Waals surface area contributed by atoms with Crippen molar-refractivity contribution in [1.29, 1.82) is 5.26 Å². The summed E-state index contributed by atoms with van der Waals surface area (Å²) in [6.07, 6.45) is 3.99. The van der Waals surface area contributed by atoms with Crippen LogP contribution in [0.15, 0.2) is 6.07 Å². The minimum Gasteiger partial charge on any atom is -0.383 e. The first kappa shape index (κ1) is 13.7. The summed E-state index contributed by atoms with van der Waals surface area (Å²) in [5, 5.41) is 9.98. The summed E-state index contributed by atoms with van der Waals surface area (Å²) < 4.78 is 0.605. The third kappa shape index (κ3) is 2.16. The summed E-state index contributed by atoms with van der Waals surface area (Å²) in [4.78, 5) is 5.21. The Bertz CT molecular complexity index is 731. The number of thiophene rings is 1. The Kier molecular flexibility index (Phi) is 3.59. The lowest BCUT2D eigenvalue weighted by atomic mass is 9.89. The molecule has 0 spiro atoms. The van der Waals surface area contributed by atoms with E-state index in [0.717, 1.165) is 47.4 Å². The lowest BCUT2D eigenvalue weighted by Gasteiger charge is -2.20. The maximum Gasteiger partial charge on any atom is 0.142 e. The molecule has 2 aromatic heterocycles. The molecule has 3 nitrogen and oxygen atoms in total. The fraction of sp³-hybridized carbons (Fsp3) is 0.286. The van der Waals surface area contributed by atoms with E-state index in [9.17, 15) is 5.26 Å². The van der Waals surface area contributed by atoms with Gasteiger partial charge in [0.15, 0.2) is 0 Å². The van der Waals surface area contributed by atoms with E-state index >= 15 is 0 Å². The van der Waals surface area contributed by atoms with Gasteiger partial charge < -0.3 is 5.73 Å². The molecular formula is C14H11Cl2N3S. The first-order chi connectivity index (χ1) is 9.61. The maximum absolute atomic E-state index is 9.42. The summed E-state index contributed by atoms with van der Waals surface area (Å²) in [7, 11) is 0. The number of nitriles is 1. The number of anilines is 1. The average Bonchev–Trinajstić information content (AvgIpc) is 2.75. The highest BCUT2D eigenvalue weighted by Crippen LogP contribution is 2.44. The molecule has 2 heterocycles. The van der Waals surface area contributed by atoms with Crippen LogP contribution in [0.1, 0.15) is 29.7 Å². The highest BCUT2D eigenvalue weighted by atomic mass is 35.5. The number of halogens is 2. The number of aromatic nitrogens is 1. The molecule has 0 aromatic carbocycles. The van der Waals surface area contributed by atoms with Crippen molar-refractivity contribution in [1.82, 2.24) is 4.98 Å². The third-order valence-corrected chi connectivity index (χ3v) is 5.19. The summed E-state index contributed by atoms with van der Waals surface area (Å²) in [5.41, 5.74) is 9.27. The highest BCUT2D eigenvalue weighted by molar-refractivity contribution is 7.20. The molecule has 0 aliphatic heterocycles. The van der Waals surface area contributed by atoms with Gasteiger partial charge in [-0.15, -0.1) is 11.3 Å². The van der Waals surface area contributed by atoms with E-state index in [4.69, 9.17) is 28.9 Å². The van der Waals surface area contributed by atoms with Gasteiger partial charge >= 0.3 is 0 Å². The molecule has 0 amide bonds. The second kappa shape index (κ2) is 5.25. The number of pyridine rings is 1. The van der Waals surface area contributed by atoms with E-state index in [2.05, 4.69) is 11.1 Å². The summed E-state index contributed by atoms with van der Waals surface area (Å²) in [5.74, 6) is 0.281. The molecule has 2 aromatic rings. The lowest BCUT2D eigenvalue weighted by molar-refractivity contribution is 0.670. The van der Waals surface area contributed by atoms with Crippen LogP contribution in [0.4, 0.5) is 5.82 Å². The fourth-order valence-corrected chi connectivity index (χ4v) is 4.27. The van der Waals surface area contributed by atoms with E-state index in [1.807, 2.05) is 0 Å². The Hall–Kier alpha value is -1.28. The second-order valence-corrected chi connectivity index (χ2v) is 6.81. The van der Waals surface area contributed by atoms with Crippen molar-refractivity contribution >= 4 is 40.4 Å². The zero-order chi connectivity index (χ0) is 14.3. The van der Waals surface area contributed by atoms with E-state index < -0.39 is 0 Å². The van der Waals surface area contributed by atoms with Crippen molar-refractivity contribution in [3.63, 3.8) is 0 Å². The largest absolute Gasteiger partial charge is 0.383 e. The molecule has 6 heteroatoms. The molecule has 102 valence electrons. The van der Waals surface area contributed by atoms with Gasteiger partial charge in [0.05, 0.1) is 14.2 Å². The van der Waals surface area contributed by atoms with E-state index in [1.54, 1.807) is 6.07 Å². The number of nitrogens with zero attached hydrogens (tertiary/aromatic N) is 2. The SMILES string of the molecule is N#Cc1c(N)nc2c(c1-c1sc(Cl)cc1Cl)CCCC2. The summed E-state index contributed by atoms with van der Waals surface area (Å²) >= 11 is 13.7. The van der Waals surface area contributed by atoms with Gasteiger partial charge in [0.2, 0.25) is 0 Å². The Morgan fingerprint density at radius 3 is 2.70 bits per heavy atom. The van der Waals surface area contributed by atoms with Gasteiger partial charge in [0.25, 0.3) is 0 Å². The monoisotopic (exact) mass is 323 g/mol. The summed E-state index contributed by atoms with van der Waals surface area (Å²) in [6.45, 7) is 0. The van der Waals surface area contributed by atoms with Gasteiger partial charge in [-0.1, -0.05) is 23.2 Å². The first-order valence-corrected chi connectivity index (χ1v) is 7.85. The fourth-order valence-electron chi connectivity index (χ4n) is 2.64. The maximum atomic E-state index is 9.42. The molecule has 0 atom stereocenters. The first-order valence-electron chi connectivity index (χ1n) is 6.28. The van der Waals surface area contributed by atoms with Crippen LogP contribution in [0, 0.1) is 11.3 Å². The van der Waals surface area contributed by atoms with Gasteiger partial charge in [-0.2, -0.15) is 5.26 Å². The minimum absolute atomic E-state index is 0.281. The normalized spacial score (nSPS) is 13.8. The number of nitrogen functional groups attached to an aromatic ring is 1. The molecule has 3 rings (SSSR count). The highest BCUT2D eigenvalue weighted by Gasteiger charge is 2.24. The van der Waals surface area contributed by atoms with Gasteiger partial charge in [-0.05, 0) is 37.3 Å². The second-order valence-electron chi connectivity index (χ2n) is 4.72. The number of hydrogen-bond acceptors (Lipinski definition) is 4. The van der Waals surface area contributed by atoms with Gasteiger partial charge in [0.1, 0.15) is 17.5 Å². The zero-order valence-electron chi connectivity index (χ0n) is 10.5. The van der Waals surface area contributed by atoms with Crippen LogP contribution < -0.4 is 5.73 Å². The summed E-state index contributed by atoms with van der Waals surface area (Å²) in [6, 6.07) is 3.87. The van der Waals surface area contributed by atoms with E-state index in [1.165, 1.54) is 11.3 Å². The number of rotatable bonds is 1. The zero-order valence-corrected chi connectivity index (χ0v) is 12.9.